The second-order valence-corrected chi connectivity index (χ2v) is 7.17. The van der Waals surface area contributed by atoms with Gasteiger partial charge in [0, 0.05) is 29.9 Å². The standard InChI is InChI=1S/C15H12Cl2N6S/c1-8-3-13-20-21-15(23(13)9(2)18-8)24-7-11-6-22-5-10(16)4-12(17)14(22)19-11/h3-6H,7H2,1-2H3. The van der Waals surface area contributed by atoms with Gasteiger partial charge in [0.05, 0.1) is 15.7 Å². The van der Waals surface area contributed by atoms with Crippen LogP contribution < -0.4 is 0 Å². The molecule has 0 aliphatic rings. The molecule has 0 atom stereocenters. The topological polar surface area (TPSA) is 60.4 Å². The maximum atomic E-state index is 6.18. The minimum Gasteiger partial charge on any atom is -0.304 e. The fourth-order valence-electron chi connectivity index (χ4n) is 2.58. The molecule has 0 aliphatic heterocycles. The first-order valence-corrected chi connectivity index (χ1v) is 8.90. The van der Waals surface area contributed by atoms with E-state index in [2.05, 4.69) is 20.2 Å². The molecule has 0 spiro atoms. The van der Waals surface area contributed by atoms with Crippen molar-refractivity contribution in [1.82, 2.24) is 29.0 Å². The van der Waals surface area contributed by atoms with E-state index >= 15 is 0 Å². The number of nitrogens with zero attached hydrogens (tertiary/aromatic N) is 6. The first kappa shape index (κ1) is 15.7. The van der Waals surface area contributed by atoms with Crippen LogP contribution in [0.5, 0.6) is 0 Å². The molecule has 122 valence electrons. The number of imidazole rings is 1. The van der Waals surface area contributed by atoms with Gasteiger partial charge in [0.1, 0.15) is 5.82 Å². The average molecular weight is 379 g/mol. The van der Waals surface area contributed by atoms with E-state index in [1.807, 2.05) is 34.9 Å². The summed E-state index contributed by atoms with van der Waals surface area (Å²) >= 11 is 13.8. The Balaban J connectivity index is 1.65. The SMILES string of the molecule is Cc1cc2nnc(SCc3cn4cc(Cl)cc(Cl)c4n3)n2c(C)n1. The van der Waals surface area contributed by atoms with E-state index in [4.69, 9.17) is 23.2 Å². The number of hydrogen-bond donors (Lipinski definition) is 0. The van der Waals surface area contributed by atoms with Crippen molar-refractivity contribution in [3.05, 3.63) is 51.8 Å². The van der Waals surface area contributed by atoms with Crippen molar-refractivity contribution < 1.29 is 0 Å². The highest BCUT2D eigenvalue weighted by Crippen LogP contribution is 2.26. The highest BCUT2D eigenvalue weighted by atomic mass is 35.5. The van der Waals surface area contributed by atoms with Gasteiger partial charge in [-0.1, -0.05) is 35.0 Å². The maximum absolute atomic E-state index is 6.18. The van der Waals surface area contributed by atoms with Gasteiger partial charge in [-0.2, -0.15) is 0 Å². The number of fused-ring (bicyclic) bond motifs is 2. The summed E-state index contributed by atoms with van der Waals surface area (Å²) in [6.45, 7) is 3.89. The summed E-state index contributed by atoms with van der Waals surface area (Å²) in [5.41, 5.74) is 3.30. The highest BCUT2D eigenvalue weighted by Gasteiger charge is 2.12. The first-order chi connectivity index (χ1) is 11.5. The Hall–Kier alpha value is -1.83. The van der Waals surface area contributed by atoms with E-state index in [0.717, 1.165) is 28.0 Å². The van der Waals surface area contributed by atoms with Crippen molar-refractivity contribution in [3.8, 4) is 0 Å². The van der Waals surface area contributed by atoms with Crippen LogP contribution in [-0.4, -0.2) is 29.0 Å². The summed E-state index contributed by atoms with van der Waals surface area (Å²) in [7, 11) is 0. The number of aryl methyl sites for hydroxylation is 2. The van der Waals surface area contributed by atoms with E-state index in [9.17, 15) is 0 Å². The van der Waals surface area contributed by atoms with Crippen LogP contribution in [0.15, 0.2) is 29.7 Å². The Kier molecular flexibility index (Phi) is 3.86. The first-order valence-electron chi connectivity index (χ1n) is 7.16. The molecule has 4 aromatic heterocycles. The Morgan fingerprint density at radius 3 is 2.75 bits per heavy atom. The van der Waals surface area contributed by atoms with Crippen LogP contribution in [0, 0.1) is 13.8 Å². The summed E-state index contributed by atoms with van der Waals surface area (Å²) in [5, 5.41) is 10.4. The smallest absolute Gasteiger partial charge is 0.197 e. The van der Waals surface area contributed by atoms with E-state index in [1.165, 1.54) is 0 Å². The number of aromatic nitrogens is 6. The van der Waals surface area contributed by atoms with Crippen LogP contribution in [0.4, 0.5) is 0 Å². The summed E-state index contributed by atoms with van der Waals surface area (Å²) in [6.07, 6.45) is 3.70. The largest absolute Gasteiger partial charge is 0.304 e. The monoisotopic (exact) mass is 378 g/mol. The molecule has 4 heterocycles. The van der Waals surface area contributed by atoms with Crippen LogP contribution in [-0.2, 0) is 5.75 Å². The van der Waals surface area contributed by atoms with Crippen LogP contribution in [0.25, 0.3) is 11.3 Å². The van der Waals surface area contributed by atoms with Crippen molar-refractivity contribution in [3.63, 3.8) is 0 Å². The number of halogens is 2. The Bertz CT molecular complexity index is 1070. The molecule has 0 bridgehead atoms. The molecule has 0 aliphatic carbocycles. The molecule has 0 saturated carbocycles. The minimum atomic E-state index is 0.530. The fourth-order valence-corrected chi connectivity index (χ4v) is 3.98. The summed E-state index contributed by atoms with van der Waals surface area (Å²) in [6, 6.07) is 3.60. The van der Waals surface area contributed by atoms with Gasteiger partial charge in [0.25, 0.3) is 0 Å². The van der Waals surface area contributed by atoms with Crippen molar-refractivity contribution in [2.24, 2.45) is 0 Å². The maximum Gasteiger partial charge on any atom is 0.197 e. The molecule has 9 heteroatoms. The third-order valence-corrected chi connectivity index (χ3v) is 4.98. The molecule has 4 aromatic rings. The van der Waals surface area contributed by atoms with Gasteiger partial charge in [-0.05, 0) is 19.9 Å². The van der Waals surface area contributed by atoms with Gasteiger partial charge in [-0.25, -0.2) is 9.97 Å². The van der Waals surface area contributed by atoms with Gasteiger partial charge in [-0.15, -0.1) is 10.2 Å². The van der Waals surface area contributed by atoms with Gasteiger partial charge in [-0.3, -0.25) is 4.40 Å². The number of thioether (sulfide) groups is 1. The van der Waals surface area contributed by atoms with Crippen LogP contribution in [0.3, 0.4) is 0 Å². The summed E-state index contributed by atoms with van der Waals surface area (Å²) < 4.78 is 3.77. The zero-order chi connectivity index (χ0) is 16.8. The minimum absolute atomic E-state index is 0.530. The van der Waals surface area contributed by atoms with Crippen molar-refractivity contribution in [2.45, 2.75) is 24.8 Å². The molecule has 0 aromatic carbocycles. The third kappa shape index (κ3) is 2.72. The number of rotatable bonds is 3. The van der Waals surface area contributed by atoms with E-state index in [1.54, 1.807) is 24.0 Å². The molecule has 0 fully saturated rings. The second-order valence-electron chi connectivity index (χ2n) is 5.38. The molecule has 0 saturated heterocycles. The molecular weight excluding hydrogens is 367 g/mol. The molecular formula is C15H12Cl2N6S. The second kappa shape index (κ2) is 5.91. The predicted octanol–water partition coefficient (Wildman–Crippen LogP) is 3.99. The lowest BCUT2D eigenvalue weighted by atomic mass is 10.4. The van der Waals surface area contributed by atoms with E-state index < -0.39 is 0 Å². The van der Waals surface area contributed by atoms with E-state index in [-0.39, 0.29) is 0 Å². The molecule has 0 radical (unpaired) electrons. The van der Waals surface area contributed by atoms with Gasteiger partial charge < -0.3 is 4.40 Å². The predicted molar refractivity (Wildman–Crippen MR) is 95.0 cm³/mol. The van der Waals surface area contributed by atoms with E-state index in [0.29, 0.717) is 21.4 Å². The Morgan fingerprint density at radius 1 is 1.08 bits per heavy atom. The molecule has 0 amide bonds. The average Bonchev–Trinajstić information content (AvgIpc) is 3.08. The zero-order valence-electron chi connectivity index (χ0n) is 12.9. The Labute approximate surface area is 151 Å². The lowest BCUT2D eigenvalue weighted by Gasteiger charge is -2.03. The third-order valence-electron chi connectivity index (χ3n) is 3.53. The molecule has 0 N–H and O–H groups in total. The zero-order valence-corrected chi connectivity index (χ0v) is 15.2. The van der Waals surface area contributed by atoms with Gasteiger partial charge in [0.15, 0.2) is 16.5 Å². The van der Waals surface area contributed by atoms with Crippen LogP contribution >= 0.6 is 35.0 Å². The summed E-state index contributed by atoms with van der Waals surface area (Å²) in [5.74, 6) is 1.51. The molecule has 24 heavy (non-hydrogen) atoms. The quantitative estimate of drug-likeness (QED) is 0.504. The number of hydrogen-bond acceptors (Lipinski definition) is 5. The molecule has 0 unspecified atom stereocenters. The van der Waals surface area contributed by atoms with Crippen molar-refractivity contribution >= 4 is 46.3 Å². The molecule has 6 nitrogen and oxygen atoms in total. The van der Waals surface area contributed by atoms with Gasteiger partial charge in [0.2, 0.25) is 0 Å². The lowest BCUT2D eigenvalue weighted by molar-refractivity contribution is 0.854. The van der Waals surface area contributed by atoms with Crippen molar-refractivity contribution in [2.75, 3.05) is 0 Å². The van der Waals surface area contributed by atoms with Crippen molar-refractivity contribution in [1.29, 1.82) is 0 Å². The lowest BCUT2D eigenvalue weighted by Crippen LogP contribution is -1.98. The van der Waals surface area contributed by atoms with Gasteiger partial charge >= 0.3 is 0 Å². The van der Waals surface area contributed by atoms with Crippen LogP contribution in [0.2, 0.25) is 10.0 Å². The highest BCUT2D eigenvalue weighted by molar-refractivity contribution is 7.98. The summed E-state index contributed by atoms with van der Waals surface area (Å²) in [4.78, 5) is 9.01. The fraction of sp³-hybridized carbons (Fsp3) is 0.200. The van der Waals surface area contributed by atoms with Crippen LogP contribution in [0.1, 0.15) is 17.2 Å². The Morgan fingerprint density at radius 2 is 1.92 bits per heavy atom. The normalized spacial score (nSPS) is 11.7. The molecule has 4 rings (SSSR count). The number of pyridine rings is 1.